The molecular formula is C24H26N4O9. The third-order valence-electron chi connectivity index (χ3n) is 5.38. The van der Waals surface area contributed by atoms with E-state index >= 15 is 0 Å². The number of amides is 5. The number of aliphatic hydroxyl groups excluding tert-OH is 1. The molecule has 1 aliphatic rings. The zero-order valence-electron chi connectivity index (χ0n) is 20.8. The Kier molecular flexibility index (Phi) is 8.60. The number of anilines is 1. The number of carbonyl (C=O) groups excluding carboxylic acids is 4. The van der Waals surface area contributed by atoms with E-state index in [1.807, 2.05) is 0 Å². The number of nitro groups is 1. The van der Waals surface area contributed by atoms with Gasteiger partial charge in [0, 0.05) is 33.5 Å². The van der Waals surface area contributed by atoms with Crippen LogP contribution in [0.2, 0.25) is 0 Å². The second-order valence-corrected chi connectivity index (χ2v) is 8.00. The van der Waals surface area contributed by atoms with Crippen LogP contribution in [0.25, 0.3) is 0 Å². The maximum absolute atomic E-state index is 12.8. The Balaban J connectivity index is 1.55. The fourth-order valence-electron chi connectivity index (χ4n) is 3.40. The predicted octanol–water partition coefficient (Wildman–Crippen LogP) is 2.73. The SMILES string of the molecule is [2H]CN(C(=O)CCCCCN1C(=O)C=CC1=O)C(=O)Nc1cc(CO)ccc1OCc1ccc([N+](=O)[O-])o1. The Morgan fingerprint density at radius 2 is 1.95 bits per heavy atom. The number of urea groups is 1. The normalized spacial score (nSPS) is 13.0. The number of unbranched alkanes of at least 4 members (excludes halogenated alkanes) is 2. The van der Waals surface area contributed by atoms with Gasteiger partial charge >= 0.3 is 11.9 Å². The number of ether oxygens (including phenoxy) is 1. The van der Waals surface area contributed by atoms with E-state index in [9.17, 15) is 34.4 Å². The summed E-state index contributed by atoms with van der Waals surface area (Å²) in [5.41, 5.74) is 0.553. The Morgan fingerprint density at radius 1 is 1.19 bits per heavy atom. The number of hydrogen-bond donors (Lipinski definition) is 2. The fourth-order valence-corrected chi connectivity index (χ4v) is 3.40. The summed E-state index contributed by atoms with van der Waals surface area (Å²) in [6.45, 7) is -0.295. The third kappa shape index (κ3) is 7.24. The van der Waals surface area contributed by atoms with Crippen molar-refractivity contribution in [1.82, 2.24) is 9.80 Å². The van der Waals surface area contributed by atoms with E-state index in [4.69, 9.17) is 10.5 Å². The summed E-state index contributed by atoms with van der Waals surface area (Å²) >= 11 is 0. The van der Waals surface area contributed by atoms with E-state index in [1.165, 1.54) is 36.4 Å². The molecule has 196 valence electrons. The minimum atomic E-state index is -0.877. The molecule has 1 aromatic carbocycles. The molecule has 0 spiro atoms. The molecule has 0 radical (unpaired) electrons. The van der Waals surface area contributed by atoms with Gasteiger partial charge < -0.3 is 19.6 Å². The number of benzene rings is 1. The zero-order valence-corrected chi connectivity index (χ0v) is 19.8. The van der Waals surface area contributed by atoms with Crippen LogP contribution in [-0.4, -0.2) is 57.2 Å². The van der Waals surface area contributed by atoms with E-state index in [-0.39, 0.29) is 55.2 Å². The molecule has 1 aromatic heterocycles. The molecule has 1 aliphatic heterocycles. The van der Waals surface area contributed by atoms with Gasteiger partial charge in [0.25, 0.3) is 11.8 Å². The molecule has 2 heterocycles. The molecule has 5 amide bonds. The zero-order chi connectivity index (χ0) is 27.7. The van der Waals surface area contributed by atoms with Crippen molar-refractivity contribution in [2.24, 2.45) is 0 Å². The average Bonchev–Trinajstić information content (AvgIpc) is 3.50. The highest BCUT2D eigenvalue weighted by atomic mass is 16.6. The van der Waals surface area contributed by atoms with E-state index in [0.29, 0.717) is 29.7 Å². The van der Waals surface area contributed by atoms with Gasteiger partial charge in [0.1, 0.15) is 23.0 Å². The quantitative estimate of drug-likeness (QED) is 0.186. The number of aliphatic hydroxyl groups is 1. The molecule has 13 nitrogen and oxygen atoms in total. The van der Waals surface area contributed by atoms with Crippen LogP contribution in [0.15, 0.2) is 46.9 Å². The molecule has 13 heteroatoms. The van der Waals surface area contributed by atoms with Crippen LogP contribution < -0.4 is 10.1 Å². The Morgan fingerprint density at radius 3 is 2.59 bits per heavy atom. The molecule has 3 rings (SSSR count). The lowest BCUT2D eigenvalue weighted by molar-refractivity contribution is -0.402. The van der Waals surface area contributed by atoms with Gasteiger partial charge in [-0.25, -0.2) is 4.79 Å². The molecule has 0 saturated heterocycles. The van der Waals surface area contributed by atoms with Crippen LogP contribution in [0, 0.1) is 10.1 Å². The van der Waals surface area contributed by atoms with Gasteiger partial charge in [-0.1, -0.05) is 12.5 Å². The molecule has 0 unspecified atom stereocenters. The van der Waals surface area contributed by atoms with Crippen molar-refractivity contribution in [2.75, 3.05) is 18.9 Å². The van der Waals surface area contributed by atoms with Crippen molar-refractivity contribution in [3.8, 4) is 5.75 Å². The van der Waals surface area contributed by atoms with Gasteiger partial charge in [0.05, 0.1) is 18.4 Å². The predicted molar refractivity (Wildman–Crippen MR) is 128 cm³/mol. The van der Waals surface area contributed by atoms with E-state index < -0.39 is 29.8 Å². The minimum absolute atomic E-state index is 0.0241. The highest BCUT2D eigenvalue weighted by Gasteiger charge is 2.23. The van der Waals surface area contributed by atoms with Gasteiger partial charge in [-0.15, -0.1) is 0 Å². The number of furan rings is 1. The van der Waals surface area contributed by atoms with Crippen LogP contribution in [0.5, 0.6) is 5.75 Å². The molecular weight excluding hydrogens is 488 g/mol. The first-order chi connectivity index (χ1) is 18.2. The first-order valence-electron chi connectivity index (χ1n) is 12.0. The molecule has 37 heavy (non-hydrogen) atoms. The van der Waals surface area contributed by atoms with Crippen molar-refractivity contribution in [3.05, 3.63) is 63.9 Å². The highest BCUT2D eigenvalue weighted by Crippen LogP contribution is 2.28. The van der Waals surface area contributed by atoms with Crippen molar-refractivity contribution >= 4 is 35.3 Å². The van der Waals surface area contributed by atoms with Crippen LogP contribution in [-0.2, 0) is 27.6 Å². The number of imide groups is 2. The standard InChI is InChI=1S/C24H26N4O9/c1-26(20(30)5-3-2-4-12-27-21(31)9-10-22(27)32)24(33)25-18-13-16(14-29)6-8-19(18)36-15-17-7-11-23(37-17)28(34)35/h6-11,13,29H,2-5,12,14-15H2,1H3,(H,25,33)/i1D. The lowest BCUT2D eigenvalue weighted by Gasteiger charge is -2.19. The van der Waals surface area contributed by atoms with E-state index in [0.717, 1.165) is 4.90 Å². The number of hydrogen-bond acceptors (Lipinski definition) is 9. The molecule has 2 aromatic rings. The largest absolute Gasteiger partial charge is 0.483 e. The summed E-state index contributed by atoms with van der Waals surface area (Å²) in [6, 6.07) is 6.12. The topological polar surface area (TPSA) is 173 Å². The summed E-state index contributed by atoms with van der Waals surface area (Å²) in [5.74, 6) is -1.47. The second kappa shape index (κ2) is 12.4. The van der Waals surface area contributed by atoms with Crippen LogP contribution in [0.1, 0.15) is 38.4 Å². The van der Waals surface area contributed by atoms with Crippen molar-refractivity contribution in [2.45, 2.75) is 38.9 Å². The van der Waals surface area contributed by atoms with Gasteiger partial charge in [0.15, 0.2) is 0 Å². The number of carbonyl (C=O) groups is 4. The summed E-state index contributed by atoms with van der Waals surface area (Å²) in [6.07, 6.45) is 3.78. The first kappa shape index (κ1) is 25.6. The fraction of sp³-hybridized carbons (Fsp3) is 0.333. The maximum atomic E-state index is 12.8. The first-order valence-corrected chi connectivity index (χ1v) is 11.3. The number of rotatable bonds is 12. The Labute approximate surface area is 212 Å². The van der Waals surface area contributed by atoms with E-state index in [1.54, 1.807) is 6.07 Å². The van der Waals surface area contributed by atoms with Gasteiger partial charge in [-0.05, 0) is 36.6 Å². The lowest BCUT2D eigenvalue weighted by atomic mass is 10.1. The molecule has 2 N–H and O–H groups in total. The van der Waals surface area contributed by atoms with Gasteiger partial charge in [-0.3, -0.25) is 34.3 Å². The van der Waals surface area contributed by atoms with Crippen molar-refractivity contribution < 1.29 is 39.7 Å². The lowest BCUT2D eigenvalue weighted by Crippen LogP contribution is -2.36. The highest BCUT2D eigenvalue weighted by molar-refractivity contribution is 6.12. The minimum Gasteiger partial charge on any atom is -0.483 e. The van der Waals surface area contributed by atoms with Crippen LogP contribution in [0.4, 0.5) is 16.4 Å². The Bertz CT molecular complexity index is 1230. The summed E-state index contributed by atoms with van der Waals surface area (Å²) in [7, 11) is -0.640. The second-order valence-electron chi connectivity index (χ2n) is 8.00. The van der Waals surface area contributed by atoms with Crippen LogP contribution >= 0.6 is 0 Å². The molecule has 0 bridgehead atoms. The number of nitrogens with zero attached hydrogens (tertiary/aromatic N) is 3. The third-order valence-corrected chi connectivity index (χ3v) is 5.38. The summed E-state index contributed by atoms with van der Waals surface area (Å²) < 4.78 is 18.3. The van der Waals surface area contributed by atoms with Gasteiger partial charge in [0.2, 0.25) is 5.91 Å². The summed E-state index contributed by atoms with van der Waals surface area (Å²) in [4.78, 5) is 60.4. The van der Waals surface area contributed by atoms with Crippen molar-refractivity contribution in [3.63, 3.8) is 0 Å². The monoisotopic (exact) mass is 515 g/mol. The molecule has 0 atom stereocenters. The molecule has 0 aliphatic carbocycles. The molecule has 0 saturated carbocycles. The van der Waals surface area contributed by atoms with E-state index in [2.05, 4.69) is 5.32 Å². The summed E-state index contributed by atoms with van der Waals surface area (Å²) in [5, 5.41) is 22.8. The van der Waals surface area contributed by atoms with Crippen molar-refractivity contribution in [1.29, 1.82) is 0 Å². The average molecular weight is 515 g/mol. The Hall–Kier alpha value is -4.52. The molecule has 0 fully saturated rings. The smallest absolute Gasteiger partial charge is 0.433 e. The van der Waals surface area contributed by atoms with Crippen LogP contribution in [0.3, 0.4) is 0 Å². The maximum Gasteiger partial charge on any atom is 0.433 e. The number of nitrogens with one attached hydrogen (secondary N) is 1. The van der Waals surface area contributed by atoms with Gasteiger partial charge in [-0.2, -0.15) is 0 Å².